The molecule has 0 aliphatic rings. The van der Waals surface area contributed by atoms with Gasteiger partial charge >= 0.3 is 0 Å². The molecule has 2 aromatic carbocycles. The van der Waals surface area contributed by atoms with E-state index in [2.05, 4.69) is 45.9 Å². The number of hydrogen-bond acceptors (Lipinski definition) is 1. The Morgan fingerprint density at radius 1 is 0.800 bits per heavy atom. The zero-order valence-corrected chi connectivity index (χ0v) is 12.9. The minimum absolute atomic E-state index is 0.545. The van der Waals surface area contributed by atoms with Crippen molar-refractivity contribution in [2.24, 2.45) is 0 Å². The number of benzene rings is 2. The van der Waals surface area contributed by atoms with E-state index >= 15 is 0 Å². The second-order valence-electron chi connectivity index (χ2n) is 5.87. The Kier molecular flexibility index (Phi) is 4.84. The molecule has 0 atom stereocenters. The number of rotatable bonds is 5. The molecule has 20 heavy (non-hydrogen) atoms. The van der Waals surface area contributed by atoms with Gasteiger partial charge in [-0.3, -0.25) is 0 Å². The molecule has 106 valence electrons. The van der Waals surface area contributed by atoms with Gasteiger partial charge in [-0.2, -0.15) is 0 Å². The third kappa shape index (κ3) is 3.63. The van der Waals surface area contributed by atoms with E-state index in [-0.39, 0.29) is 0 Å². The van der Waals surface area contributed by atoms with Gasteiger partial charge in [0.1, 0.15) is 12.4 Å². The van der Waals surface area contributed by atoms with Gasteiger partial charge in [0.15, 0.2) is 0 Å². The summed E-state index contributed by atoms with van der Waals surface area (Å²) in [4.78, 5) is 0. The zero-order valence-electron chi connectivity index (χ0n) is 12.9. The lowest BCUT2D eigenvalue weighted by atomic mass is 9.89. The van der Waals surface area contributed by atoms with Crippen LogP contribution in [0.25, 0.3) is 0 Å². The molecule has 0 heterocycles. The van der Waals surface area contributed by atoms with Gasteiger partial charge in [-0.15, -0.1) is 0 Å². The van der Waals surface area contributed by atoms with E-state index < -0.39 is 0 Å². The quantitative estimate of drug-likeness (QED) is 0.694. The van der Waals surface area contributed by atoms with E-state index in [1.807, 2.05) is 30.3 Å². The average Bonchev–Trinajstić information content (AvgIpc) is 2.45. The minimum atomic E-state index is 0.545. The highest BCUT2D eigenvalue weighted by atomic mass is 16.5. The van der Waals surface area contributed by atoms with E-state index in [0.29, 0.717) is 18.4 Å². The maximum atomic E-state index is 5.83. The number of hydrogen-bond donors (Lipinski definition) is 0. The summed E-state index contributed by atoms with van der Waals surface area (Å²) >= 11 is 0. The van der Waals surface area contributed by atoms with Gasteiger partial charge in [0, 0.05) is 0 Å². The van der Waals surface area contributed by atoms with Crippen LogP contribution in [-0.2, 0) is 6.61 Å². The molecule has 2 rings (SSSR count). The Hall–Kier alpha value is -1.76. The number of para-hydroxylation sites is 1. The van der Waals surface area contributed by atoms with E-state index in [9.17, 15) is 0 Å². The summed E-state index contributed by atoms with van der Waals surface area (Å²) < 4.78 is 5.83. The van der Waals surface area contributed by atoms with Crippen LogP contribution in [0.15, 0.2) is 48.5 Å². The Balaban J connectivity index is 2.15. The lowest BCUT2D eigenvalue weighted by Gasteiger charge is -2.17. The second kappa shape index (κ2) is 6.60. The van der Waals surface area contributed by atoms with Gasteiger partial charge in [-0.25, -0.2) is 0 Å². The Morgan fingerprint density at radius 2 is 1.45 bits per heavy atom. The monoisotopic (exact) mass is 268 g/mol. The summed E-state index contributed by atoms with van der Waals surface area (Å²) in [6, 6.07) is 16.7. The standard InChI is InChI=1S/C19H24O/c1-14(2)18-11-10-16(12-19(18)15(3)4)13-20-17-8-6-5-7-9-17/h5-12,14-15H,13H2,1-4H3. The predicted octanol–water partition coefficient (Wildman–Crippen LogP) is 5.51. The van der Waals surface area contributed by atoms with Crippen molar-refractivity contribution in [3.8, 4) is 5.75 Å². The first-order chi connectivity index (χ1) is 9.58. The average molecular weight is 268 g/mol. The fourth-order valence-electron chi connectivity index (χ4n) is 2.42. The normalized spacial score (nSPS) is 11.1. The van der Waals surface area contributed by atoms with Crippen LogP contribution >= 0.6 is 0 Å². The Morgan fingerprint density at radius 3 is 2.05 bits per heavy atom. The van der Waals surface area contributed by atoms with Crippen LogP contribution in [0.3, 0.4) is 0 Å². The van der Waals surface area contributed by atoms with Crippen LogP contribution in [0.4, 0.5) is 0 Å². The first kappa shape index (κ1) is 14.6. The molecular weight excluding hydrogens is 244 g/mol. The van der Waals surface area contributed by atoms with E-state index in [4.69, 9.17) is 4.74 Å². The SMILES string of the molecule is CC(C)c1ccc(COc2ccccc2)cc1C(C)C. The fraction of sp³-hybridized carbons (Fsp3) is 0.368. The number of ether oxygens (including phenoxy) is 1. The summed E-state index contributed by atoms with van der Waals surface area (Å²) in [6.07, 6.45) is 0. The molecule has 0 saturated carbocycles. The molecule has 0 amide bonds. The van der Waals surface area contributed by atoms with Crippen molar-refractivity contribution in [3.63, 3.8) is 0 Å². The first-order valence-electron chi connectivity index (χ1n) is 7.38. The van der Waals surface area contributed by atoms with Gasteiger partial charge in [0.25, 0.3) is 0 Å². The maximum absolute atomic E-state index is 5.83. The van der Waals surface area contributed by atoms with E-state index in [0.717, 1.165) is 5.75 Å². The predicted molar refractivity (Wildman–Crippen MR) is 85.4 cm³/mol. The first-order valence-corrected chi connectivity index (χ1v) is 7.38. The van der Waals surface area contributed by atoms with Crippen LogP contribution in [0, 0.1) is 0 Å². The highest BCUT2D eigenvalue weighted by molar-refractivity contribution is 5.36. The third-order valence-electron chi connectivity index (χ3n) is 3.54. The van der Waals surface area contributed by atoms with Gasteiger partial charge in [0.05, 0.1) is 0 Å². The van der Waals surface area contributed by atoms with E-state index in [1.165, 1.54) is 16.7 Å². The smallest absolute Gasteiger partial charge is 0.119 e. The Labute approximate surface area is 122 Å². The highest BCUT2D eigenvalue weighted by Crippen LogP contribution is 2.27. The summed E-state index contributed by atoms with van der Waals surface area (Å²) in [5.41, 5.74) is 4.12. The lowest BCUT2D eigenvalue weighted by molar-refractivity contribution is 0.306. The summed E-state index contributed by atoms with van der Waals surface area (Å²) in [7, 11) is 0. The molecule has 0 unspecified atom stereocenters. The van der Waals surface area contributed by atoms with Crippen LogP contribution < -0.4 is 4.74 Å². The van der Waals surface area contributed by atoms with Crippen LogP contribution in [-0.4, -0.2) is 0 Å². The summed E-state index contributed by atoms with van der Waals surface area (Å²) in [5, 5.41) is 0. The summed E-state index contributed by atoms with van der Waals surface area (Å²) in [6.45, 7) is 9.64. The highest BCUT2D eigenvalue weighted by Gasteiger charge is 2.10. The second-order valence-corrected chi connectivity index (χ2v) is 5.87. The van der Waals surface area contributed by atoms with Crippen molar-refractivity contribution in [1.82, 2.24) is 0 Å². The molecule has 0 fully saturated rings. The van der Waals surface area contributed by atoms with Crippen LogP contribution in [0.2, 0.25) is 0 Å². The molecule has 0 aliphatic heterocycles. The van der Waals surface area contributed by atoms with Gasteiger partial charge < -0.3 is 4.74 Å². The van der Waals surface area contributed by atoms with Crippen LogP contribution in [0.5, 0.6) is 5.75 Å². The molecule has 0 radical (unpaired) electrons. The van der Waals surface area contributed by atoms with Gasteiger partial charge in [0.2, 0.25) is 0 Å². The molecule has 1 nitrogen and oxygen atoms in total. The van der Waals surface area contributed by atoms with Crippen molar-refractivity contribution >= 4 is 0 Å². The third-order valence-corrected chi connectivity index (χ3v) is 3.54. The van der Waals surface area contributed by atoms with Crippen molar-refractivity contribution < 1.29 is 4.74 Å². The van der Waals surface area contributed by atoms with Crippen molar-refractivity contribution in [2.45, 2.75) is 46.1 Å². The molecule has 0 bridgehead atoms. The summed E-state index contributed by atoms with van der Waals surface area (Å²) in [5.74, 6) is 2.03. The van der Waals surface area contributed by atoms with Gasteiger partial charge in [-0.1, -0.05) is 64.1 Å². The Bertz CT molecular complexity index is 541. The molecule has 0 aromatic heterocycles. The zero-order chi connectivity index (χ0) is 14.5. The molecular formula is C19H24O. The molecule has 0 saturated heterocycles. The van der Waals surface area contributed by atoms with Crippen molar-refractivity contribution in [3.05, 3.63) is 65.2 Å². The largest absolute Gasteiger partial charge is 0.489 e. The van der Waals surface area contributed by atoms with Crippen molar-refractivity contribution in [1.29, 1.82) is 0 Å². The minimum Gasteiger partial charge on any atom is -0.489 e. The molecule has 2 aromatic rings. The van der Waals surface area contributed by atoms with Crippen LogP contribution in [0.1, 0.15) is 56.2 Å². The molecule has 1 heteroatoms. The van der Waals surface area contributed by atoms with Gasteiger partial charge in [-0.05, 0) is 40.7 Å². The van der Waals surface area contributed by atoms with Crippen molar-refractivity contribution in [2.75, 3.05) is 0 Å². The molecule has 0 aliphatic carbocycles. The topological polar surface area (TPSA) is 9.23 Å². The lowest BCUT2D eigenvalue weighted by Crippen LogP contribution is -2.02. The molecule has 0 N–H and O–H groups in total. The maximum Gasteiger partial charge on any atom is 0.119 e. The fourth-order valence-corrected chi connectivity index (χ4v) is 2.42. The molecule has 0 spiro atoms. The van der Waals surface area contributed by atoms with E-state index in [1.54, 1.807) is 0 Å².